The van der Waals surface area contributed by atoms with Gasteiger partial charge < -0.3 is 14.4 Å². The maximum atomic E-state index is 12.3. The van der Waals surface area contributed by atoms with E-state index in [0.717, 1.165) is 41.7 Å². The first-order valence-corrected chi connectivity index (χ1v) is 7.60. The zero-order chi connectivity index (χ0) is 16.2. The van der Waals surface area contributed by atoms with Crippen molar-refractivity contribution >= 4 is 10.9 Å². The third-order valence-electron chi connectivity index (χ3n) is 4.15. The molecule has 1 atom stereocenters. The van der Waals surface area contributed by atoms with Gasteiger partial charge in [-0.3, -0.25) is 0 Å². The van der Waals surface area contributed by atoms with Gasteiger partial charge in [-0.05, 0) is 30.5 Å². The summed E-state index contributed by atoms with van der Waals surface area (Å²) in [7, 11) is 1.63. The van der Waals surface area contributed by atoms with Crippen molar-refractivity contribution in [3.63, 3.8) is 0 Å². The van der Waals surface area contributed by atoms with Crippen LogP contribution >= 0.6 is 0 Å². The van der Waals surface area contributed by atoms with Crippen molar-refractivity contribution < 1.29 is 18.3 Å². The fourth-order valence-electron chi connectivity index (χ4n) is 3.05. The number of likely N-dealkylation sites (tertiary alicyclic amines) is 1. The fraction of sp³-hybridized carbons (Fsp3) is 0.500. The molecule has 1 fully saturated rings. The first-order valence-electron chi connectivity index (χ1n) is 7.60. The summed E-state index contributed by atoms with van der Waals surface area (Å²) >= 11 is 0. The van der Waals surface area contributed by atoms with E-state index in [9.17, 15) is 8.78 Å². The molecule has 2 heterocycles. The van der Waals surface area contributed by atoms with E-state index < -0.39 is 6.61 Å². The molecule has 0 bridgehead atoms. The largest absolute Gasteiger partial charge is 0.496 e. The van der Waals surface area contributed by atoms with Crippen LogP contribution < -0.4 is 4.74 Å². The minimum atomic E-state index is -2.70. The van der Waals surface area contributed by atoms with Crippen LogP contribution in [0.2, 0.25) is 0 Å². The second-order valence-corrected chi connectivity index (χ2v) is 5.58. The lowest BCUT2D eigenvalue weighted by Gasteiger charge is -2.17. The SMILES string of the molecule is COc1cccc2nncc(CCN3CC[C@H](OC(F)F)C3)c12. The van der Waals surface area contributed by atoms with Crippen LogP contribution in [-0.4, -0.2) is 54.6 Å². The van der Waals surface area contributed by atoms with Crippen LogP contribution in [0.15, 0.2) is 24.4 Å². The molecule has 7 heteroatoms. The highest BCUT2D eigenvalue weighted by molar-refractivity contribution is 5.87. The highest BCUT2D eigenvalue weighted by Crippen LogP contribution is 2.27. The van der Waals surface area contributed by atoms with Gasteiger partial charge in [-0.2, -0.15) is 19.0 Å². The van der Waals surface area contributed by atoms with Gasteiger partial charge in [0.25, 0.3) is 0 Å². The molecule has 124 valence electrons. The number of hydrogen-bond donors (Lipinski definition) is 0. The molecular weight excluding hydrogens is 304 g/mol. The quantitative estimate of drug-likeness (QED) is 0.817. The van der Waals surface area contributed by atoms with Crippen LogP contribution in [0.1, 0.15) is 12.0 Å². The molecule has 0 N–H and O–H groups in total. The lowest BCUT2D eigenvalue weighted by atomic mass is 10.1. The Kier molecular flexibility index (Phi) is 4.97. The van der Waals surface area contributed by atoms with Crippen molar-refractivity contribution in [3.05, 3.63) is 30.0 Å². The maximum absolute atomic E-state index is 12.3. The number of hydrogen-bond acceptors (Lipinski definition) is 5. The number of rotatable bonds is 6. The van der Waals surface area contributed by atoms with Crippen LogP contribution in [0.5, 0.6) is 5.75 Å². The molecule has 0 aliphatic carbocycles. The number of methoxy groups -OCH3 is 1. The van der Waals surface area contributed by atoms with Gasteiger partial charge in [-0.15, -0.1) is 0 Å². The Bertz CT molecular complexity index is 664. The number of halogens is 2. The zero-order valence-electron chi connectivity index (χ0n) is 12.9. The van der Waals surface area contributed by atoms with Gasteiger partial charge in [0.05, 0.1) is 24.9 Å². The summed E-state index contributed by atoms with van der Waals surface area (Å²) in [6.07, 6.45) is 2.77. The van der Waals surface area contributed by atoms with E-state index in [1.807, 2.05) is 18.2 Å². The fourth-order valence-corrected chi connectivity index (χ4v) is 3.05. The average molecular weight is 323 g/mol. The number of alkyl halides is 2. The molecule has 0 spiro atoms. The van der Waals surface area contributed by atoms with Crippen molar-refractivity contribution in [1.29, 1.82) is 0 Å². The van der Waals surface area contributed by atoms with Gasteiger partial charge >= 0.3 is 6.61 Å². The Morgan fingerprint density at radius 3 is 3.04 bits per heavy atom. The molecule has 0 saturated carbocycles. The molecule has 1 aliphatic rings. The molecule has 1 aromatic heterocycles. The standard InChI is InChI=1S/C16H19F2N3O2/c1-22-14-4-2-3-13-15(14)11(9-19-20-13)5-7-21-8-6-12(10-21)23-16(17)18/h2-4,9,12,16H,5-8,10H2,1H3/t12-/m0/s1. The van der Waals surface area contributed by atoms with Crippen molar-refractivity contribution in [2.45, 2.75) is 25.6 Å². The van der Waals surface area contributed by atoms with E-state index in [1.54, 1.807) is 13.3 Å². The van der Waals surface area contributed by atoms with E-state index >= 15 is 0 Å². The second-order valence-electron chi connectivity index (χ2n) is 5.58. The van der Waals surface area contributed by atoms with Gasteiger partial charge in [0.15, 0.2) is 0 Å². The van der Waals surface area contributed by atoms with Gasteiger partial charge in [0.1, 0.15) is 5.75 Å². The van der Waals surface area contributed by atoms with Crippen LogP contribution in [0.4, 0.5) is 8.78 Å². The lowest BCUT2D eigenvalue weighted by molar-refractivity contribution is -0.158. The molecule has 5 nitrogen and oxygen atoms in total. The lowest BCUT2D eigenvalue weighted by Crippen LogP contribution is -2.26. The summed E-state index contributed by atoms with van der Waals surface area (Å²) in [5.41, 5.74) is 1.84. The van der Waals surface area contributed by atoms with Crippen LogP contribution in [-0.2, 0) is 11.2 Å². The molecule has 23 heavy (non-hydrogen) atoms. The van der Waals surface area contributed by atoms with Gasteiger partial charge in [0.2, 0.25) is 0 Å². The number of aromatic nitrogens is 2. The molecular formula is C16H19F2N3O2. The van der Waals surface area contributed by atoms with Crippen molar-refractivity contribution in [2.24, 2.45) is 0 Å². The first-order chi connectivity index (χ1) is 11.2. The Labute approximate surface area is 133 Å². The number of nitrogens with zero attached hydrogens (tertiary/aromatic N) is 3. The predicted octanol–water partition coefficient (Wildman–Crippen LogP) is 2.49. The average Bonchev–Trinajstić information content (AvgIpc) is 2.98. The predicted molar refractivity (Wildman–Crippen MR) is 81.7 cm³/mol. The topological polar surface area (TPSA) is 47.5 Å². The normalized spacial score (nSPS) is 18.9. The Morgan fingerprint density at radius 2 is 2.26 bits per heavy atom. The molecule has 0 amide bonds. The summed E-state index contributed by atoms with van der Waals surface area (Å²) in [4.78, 5) is 2.13. The van der Waals surface area contributed by atoms with E-state index in [1.165, 1.54) is 0 Å². The number of fused-ring (bicyclic) bond motifs is 1. The van der Waals surface area contributed by atoms with Crippen LogP contribution in [0.3, 0.4) is 0 Å². The minimum Gasteiger partial charge on any atom is -0.496 e. The molecule has 2 aromatic rings. The zero-order valence-corrected chi connectivity index (χ0v) is 12.9. The summed E-state index contributed by atoms with van der Waals surface area (Å²) in [5.74, 6) is 0.771. The van der Waals surface area contributed by atoms with Gasteiger partial charge in [-0.25, -0.2) is 0 Å². The Balaban J connectivity index is 1.68. The first kappa shape index (κ1) is 16.0. The minimum absolute atomic E-state index is 0.378. The molecule has 1 aliphatic heterocycles. The van der Waals surface area contributed by atoms with Crippen molar-refractivity contribution in [2.75, 3.05) is 26.7 Å². The smallest absolute Gasteiger partial charge is 0.345 e. The van der Waals surface area contributed by atoms with Gasteiger partial charge in [-0.1, -0.05) is 6.07 Å². The molecule has 3 rings (SSSR count). The molecule has 1 aromatic carbocycles. The molecule has 1 saturated heterocycles. The highest BCUT2D eigenvalue weighted by Gasteiger charge is 2.25. The molecule has 0 radical (unpaired) electrons. The van der Waals surface area contributed by atoms with Crippen molar-refractivity contribution in [3.8, 4) is 5.75 Å². The summed E-state index contributed by atoms with van der Waals surface area (Å²) in [6, 6.07) is 5.68. The Morgan fingerprint density at radius 1 is 1.39 bits per heavy atom. The maximum Gasteiger partial charge on any atom is 0.345 e. The third-order valence-corrected chi connectivity index (χ3v) is 4.15. The van der Waals surface area contributed by atoms with E-state index in [0.29, 0.717) is 13.0 Å². The van der Waals surface area contributed by atoms with Crippen LogP contribution in [0.25, 0.3) is 10.9 Å². The van der Waals surface area contributed by atoms with E-state index in [-0.39, 0.29) is 6.10 Å². The summed E-state index contributed by atoms with van der Waals surface area (Å²) in [6.45, 7) is -0.622. The Hall–Kier alpha value is -1.86. The molecule has 0 unspecified atom stereocenters. The van der Waals surface area contributed by atoms with Crippen molar-refractivity contribution in [1.82, 2.24) is 15.1 Å². The monoisotopic (exact) mass is 323 g/mol. The third kappa shape index (κ3) is 3.73. The number of benzene rings is 1. The summed E-state index contributed by atoms with van der Waals surface area (Å²) in [5, 5.41) is 9.13. The van der Waals surface area contributed by atoms with E-state index in [2.05, 4.69) is 19.8 Å². The second kappa shape index (κ2) is 7.14. The number of ether oxygens (including phenoxy) is 2. The highest BCUT2D eigenvalue weighted by atomic mass is 19.3. The van der Waals surface area contributed by atoms with Crippen LogP contribution in [0, 0.1) is 0 Å². The summed E-state index contributed by atoms with van der Waals surface area (Å²) < 4.78 is 34.5. The van der Waals surface area contributed by atoms with E-state index in [4.69, 9.17) is 4.74 Å². The van der Waals surface area contributed by atoms with Gasteiger partial charge in [0, 0.05) is 25.0 Å².